The van der Waals surface area contributed by atoms with Crippen molar-refractivity contribution in [1.29, 1.82) is 0 Å². The van der Waals surface area contributed by atoms with Crippen molar-refractivity contribution in [1.82, 2.24) is 14.8 Å². The number of nitrogens with zero attached hydrogens (tertiary/aromatic N) is 4. The van der Waals surface area contributed by atoms with Gasteiger partial charge in [-0.25, -0.2) is 13.8 Å². The number of halogens is 2. The molecular weight excluding hydrogens is 494 g/mol. The molecule has 1 saturated heterocycles. The molecule has 3 aromatic rings. The van der Waals surface area contributed by atoms with Crippen LogP contribution in [0, 0.1) is 11.6 Å². The van der Waals surface area contributed by atoms with E-state index in [0.29, 0.717) is 43.1 Å². The average molecular weight is 523 g/mol. The number of hydrogen-bond acceptors (Lipinski definition) is 6. The van der Waals surface area contributed by atoms with Crippen LogP contribution < -0.4 is 0 Å². The highest BCUT2D eigenvalue weighted by Crippen LogP contribution is 2.33. The molecule has 0 bridgehead atoms. The van der Waals surface area contributed by atoms with E-state index in [-0.39, 0.29) is 18.7 Å². The van der Waals surface area contributed by atoms with Crippen molar-refractivity contribution in [3.8, 4) is 0 Å². The van der Waals surface area contributed by atoms with Gasteiger partial charge in [0.05, 0.1) is 31.2 Å². The van der Waals surface area contributed by atoms with Gasteiger partial charge in [0.1, 0.15) is 18.2 Å². The van der Waals surface area contributed by atoms with Gasteiger partial charge in [-0.3, -0.25) is 14.5 Å². The summed E-state index contributed by atoms with van der Waals surface area (Å²) < 4.78 is 38.9. The predicted molar refractivity (Wildman–Crippen MR) is 135 cm³/mol. The third-order valence-corrected chi connectivity index (χ3v) is 6.74. The number of benzene rings is 2. The quantitative estimate of drug-likeness (QED) is 0.451. The summed E-state index contributed by atoms with van der Waals surface area (Å²) >= 11 is 0. The summed E-state index contributed by atoms with van der Waals surface area (Å²) in [5.74, 6) is -1.57. The van der Waals surface area contributed by atoms with Gasteiger partial charge in [0.15, 0.2) is 5.76 Å². The molecule has 5 rings (SSSR count). The maximum absolute atomic E-state index is 14.6. The molecule has 0 spiro atoms. The molecule has 0 saturated carbocycles. The van der Waals surface area contributed by atoms with Crippen LogP contribution in [-0.4, -0.2) is 78.3 Å². The number of ether oxygens (including phenoxy) is 1. The van der Waals surface area contributed by atoms with Crippen molar-refractivity contribution in [2.24, 2.45) is 5.10 Å². The third-order valence-electron chi connectivity index (χ3n) is 6.74. The van der Waals surface area contributed by atoms with Crippen molar-refractivity contribution in [3.05, 3.63) is 95.4 Å². The lowest BCUT2D eigenvalue weighted by molar-refractivity contribution is -0.133. The van der Waals surface area contributed by atoms with E-state index in [2.05, 4.69) is 10.0 Å². The SMILES string of the molecule is O=C(c1ccco1)N(CCN1CCOCC1)CC(=O)N1N=C(c2ccccc2F)C[C@@H]1c1ccc(F)cc1. The molecule has 2 aliphatic heterocycles. The van der Waals surface area contributed by atoms with Crippen LogP contribution in [0.5, 0.6) is 0 Å². The van der Waals surface area contributed by atoms with Gasteiger partial charge in [0, 0.05) is 38.2 Å². The minimum absolute atomic E-state index is 0.131. The third kappa shape index (κ3) is 5.81. The highest BCUT2D eigenvalue weighted by Gasteiger charge is 2.35. The standard InChI is InChI=1S/C28H28F2N4O4/c29-21-9-7-20(8-10-21)25-18-24(22-4-1-2-5-23(22)30)31-34(25)27(35)19-33(28(36)26-6-3-15-38-26)12-11-32-13-16-37-17-14-32/h1-10,15,25H,11-14,16-19H2/t25-/m1/s1. The van der Waals surface area contributed by atoms with Crippen molar-refractivity contribution >= 4 is 17.5 Å². The van der Waals surface area contributed by atoms with Gasteiger partial charge in [-0.1, -0.05) is 30.3 Å². The second-order valence-electron chi connectivity index (χ2n) is 9.19. The lowest BCUT2D eigenvalue weighted by Crippen LogP contribution is -2.46. The Morgan fingerprint density at radius 2 is 1.76 bits per heavy atom. The number of amides is 2. The van der Waals surface area contributed by atoms with E-state index in [9.17, 15) is 18.4 Å². The van der Waals surface area contributed by atoms with Gasteiger partial charge in [-0.15, -0.1) is 0 Å². The second-order valence-corrected chi connectivity index (χ2v) is 9.19. The zero-order valence-electron chi connectivity index (χ0n) is 20.8. The van der Waals surface area contributed by atoms with Gasteiger partial charge in [-0.2, -0.15) is 5.10 Å². The Morgan fingerprint density at radius 3 is 2.47 bits per heavy atom. The molecule has 38 heavy (non-hydrogen) atoms. The molecule has 0 radical (unpaired) electrons. The molecule has 2 amide bonds. The Labute approximate surface area is 219 Å². The first-order chi connectivity index (χ1) is 18.5. The highest BCUT2D eigenvalue weighted by atomic mass is 19.1. The van der Waals surface area contributed by atoms with Gasteiger partial charge >= 0.3 is 0 Å². The van der Waals surface area contributed by atoms with Crippen LogP contribution in [0.4, 0.5) is 8.78 Å². The second kappa shape index (κ2) is 11.7. The van der Waals surface area contributed by atoms with E-state index >= 15 is 0 Å². The molecule has 1 aromatic heterocycles. The summed E-state index contributed by atoms with van der Waals surface area (Å²) in [6, 6.07) is 14.6. The van der Waals surface area contributed by atoms with E-state index in [1.165, 1.54) is 34.4 Å². The van der Waals surface area contributed by atoms with Crippen molar-refractivity contribution in [3.63, 3.8) is 0 Å². The van der Waals surface area contributed by atoms with Gasteiger partial charge < -0.3 is 14.1 Å². The van der Waals surface area contributed by atoms with E-state index in [4.69, 9.17) is 9.15 Å². The molecule has 0 N–H and O–H groups in total. The Bertz CT molecular complexity index is 1290. The fraction of sp³-hybridized carbons (Fsp3) is 0.321. The predicted octanol–water partition coefficient (Wildman–Crippen LogP) is 3.71. The molecule has 3 heterocycles. The molecule has 2 aliphatic rings. The largest absolute Gasteiger partial charge is 0.459 e. The van der Waals surface area contributed by atoms with Crippen LogP contribution in [-0.2, 0) is 9.53 Å². The first kappa shape index (κ1) is 25.7. The van der Waals surface area contributed by atoms with Crippen molar-refractivity contribution in [2.75, 3.05) is 45.9 Å². The molecule has 2 aromatic carbocycles. The smallest absolute Gasteiger partial charge is 0.290 e. The molecular formula is C28H28F2N4O4. The lowest BCUT2D eigenvalue weighted by Gasteiger charge is -2.30. The van der Waals surface area contributed by atoms with E-state index in [1.54, 1.807) is 42.5 Å². The Morgan fingerprint density at radius 1 is 1.00 bits per heavy atom. The maximum atomic E-state index is 14.6. The van der Waals surface area contributed by atoms with Crippen LogP contribution in [0.1, 0.15) is 34.1 Å². The van der Waals surface area contributed by atoms with Crippen molar-refractivity contribution < 1.29 is 27.5 Å². The van der Waals surface area contributed by atoms with Crippen LogP contribution in [0.2, 0.25) is 0 Å². The molecule has 1 atom stereocenters. The average Bonchev–Trinajstić information content (AvgIpc) is 3.63. The Hall–Kier alpha value is -3.89. The van der Waals surface area contributed by atoms with Gasteiger partial charge in [0.25, 0.3) is 11.8 Å². The molecule has 1 fully saturated rings. The lowest BCUT2D eigenvalue weighted by atomic mass is 9.98. The number of hydrogen-bond donors (Lipinski definition) is 0. The number of carbonyl (C=O) groups excluding carboxylic acids is 2. The molecule has 0 aliphatic carbocycles. The minimum Gasteiger partial charge on any atom is -0.459 e. The van der Waals surface area contributed by atoms with E-state index < -0.39 is 29.5 Å². The molecule has 198 valence electrons. The Kier molecular flexibility index (Phi) is 7.90. The van der Waals surface area contributed by atoms with E-state index in [0.717, 1.165) is 13.1 Å². The Balaban J connectivity index is 1.40. The summed E-state index contributed by atoms with van der Waals surface area (Å²) in [6.45, 7) is 3.32. The summed E-state index contributed by atoms with van der Waals surface area (Å²) in [6.07, 6.45) is 1.66. The first-order valence-corrected chi connectivity index (χ1v) is 12.5. The van der Waals surface area contributed by atoms with Crippen LogP contribution >= 0.6 is 0 Å². The fourth-order valence-electron chi connectivity index (χ4n) is 4.67. The van der Waals surface area contributed by atoms with Gasteiger partial charge in [-0.05, 0) is 35.9 Å². The summed E-state index contributed by atoms with van der Waals surface area (Å²) in [5, 5.41) is 5.79. The highest BCUT2D eigenvalue weighted by molar-refractivity contribution is 6.03. The molecule has 0 unspecified atom stereocenters. The fourth-order valence-corrected chi connectivity index (χ4v) is 4.67. The van der Waals surface area contributed by atoms with Crippen LogP contribution in [0.15, 0.2) is 76.4 Å². The number of furan rings is 1. The van der Waals surface area contributed by atoms with Gasteiger partial charge in [0.2, 0.25) is 0 Å². The number of hydrazone groups is 1. The maximum Gasteiger partial charge on any atom is 0.290 e. The molecule has 10 heteroatoms. The van der Waals surface area contributed by atoms with Crippen LogP contribution in [0.3, 0.4) is 0 Å². The number of rotatable bonds is 8. The monoisotopic (exact) mass is 522 g/mol. The normalized spacial score (nSPS) is 17.9. The van der Waals surface area contributed by atoms with Crippen molar-refractivity contribution in [2.45, 2.75) is 12.5 Å². The minimum atomic E-state index is -0.572. The summed E-state index contributed by atoms with van der Waals surface area (Å²) in [4.78, 5) is 30.5. The first-order valence-electron chi connectivity index (χ1n) is 12.5. The van der Waals surface area contributed by atoms with E-state index in [1.807, 2.05) is 0 Å². The number of carbonyl (C=O) groups is 2. The zero-order valence-corrected chi connectivity index (χ0v) is 20.8. The molecule has 8 nitrogen and oxygen atoms in total. The summed E-state index contributed by atoms with van der Waals surface area (Å²) in [5.41, 5.74) is 1.36. The van der Waals surface area contributed by atoms with Crippen LogP contribution in [0.25, 0.3) is 0 Å². The number of morpholine rings is 1. The summed E-state index contributed by atoms with van der Waals surface area (Å²) in [7, 11) is 0. The topological polar surface area (TPSA) is 78.6 Å². The zero-order chi connectivity index (χ0) is 26.5.